The zero-order valence-electron chi connectivity index (χ0n) is 15.6. The molecule has 0 aliphatic heterocycles. The van der Waals surface area contributed by atoms with Crippen LogP contribution in [0.4, 0.5) is 0 Å². The standard InChI is InChI=1S/C24H26Si/c1-19-17-21(3)22(18-20(19)2)15-16-25(4,23-11-7-5-8-12-23)24-13-9-6-10-14-24/h5-18H,1-4H3/b16-15+. The van der Waals surface area contributed by atoms with Gasteiger partial charge in [-0.3, -0.25) is 0 Å². The van der Waals surface area contributed by atoms with E-state index in [-0.39, 0.29) is 0 Å². The molecule has 0 aromatic heterocycles. The zero-order valence-corrected chi connectivity index (χ0v) is 16.6. The summed E-state index contributed by atoms with van der Waals surface area (Å²) in [5, 5.41) is 2.89. The second kappa shape index (κ2) is 7.24. The highest BCUT2D eigenvalue weighted by Crippen LogP contribution is 2.18. The SMILES string of the molecule is Cc1cc(C)c(/C=C/[Si](C)(c2ccccc2)c2ccccc2)cc1C. The minimum Gasteiger partial charge on any atom is -0.0855 e. The lowest BCUT2D eigenvalue weighted by atomic mass is 10.0. The second-order valence-corrected chi connectivity index (χ2v) is 11.0. The van der Waals surface area contributed by atoms with E-state index >= 15 is 0 Å². The summed E-state index contributed by atoms with van der Waals surface area (Å²) in [7, 11) is -1.92. The molecule has 3 aromatic carbocycles. The van der Waals surface area contributed by atoms with Crippen LogP contribution in [0.1, 0.15) is 22.3 Å². The van der Waals surface area contributed by atoms with E-state index in [2.05, 4.69) is 112 Å². The van der Waals surface area contributed by atoms with Gasteiger partial charge in [0.1, 0.15) is 8.07 Å². The van der Waals surface area contributed by atoms with E-state index < -0.39 is 8.07 Å². The Morgan fingerprint density at radius 1 is 0.640 bits per heavy atom. The van der Waals surface area contributed by atoms with Gasteiger partial charge in [-0.25, -0.2) is 0 Å². The van der Waals surface area contributed by atoms with Crippen molar-refractivity contribution in [2.24, 2.45) is 0 Å². The van der Waals surface area contributed by atoms with Crippen LogP contribution in [-0.2, 0) is 0 Å². The summed E-state index contributed by atoms with van der Waals surface area (Å²) in [6.07, 6.45) is 2.34. The Bertz CT molecular complexity index is 837. The van der Waals surface area contributed by atoms with Gasteiger partial charge in [0.25, 0.3) is 0 Å². The molecule has 0 bridgehead atoms. The summed E-state index contributed by atoms with van der Waals surface area (Å²) in [6, 6.07) is 26.5. The van der Waals surface area contributed by atoms with Gasteiger partial charge in [0.15, 0.2) is 0 Å². The number of hydrogen-bond donors (Lipinski definition) is 0. The van der Waals surface area contributed by atoms with Crippen LogP contribution >= 0.6 is 0 Å². The average Bonchev–Trinajstić information content (AvgIpc) is 2.65. The molecule has 0 heterocycles. The van der Waals surface area contributed by atoms with Crippen LogP contribution in [0.5, 0.6) is 0 Å². The van der Waals surface area contributed by atoms with E-state index in [1.54, 1.807) is 0 Å². The van der Waals surface area contributed by atoms with E-state index in [9.17, 15) is 0 Å². The lowest BCUT2D eigenvalue weighted by Crippen LogP contribution is -2.54. The Hall–Kier alpha value is -2.38. The lowest BCUT2D eigenvalue weighted by molar-refractivity contribution is 1.29. The van der Waals surface area contributed by atoms with Crippen LogP contribution < -0.4 is 10.4 Å². The molecule has 0 saturated carbocycles. The van der Waals surface area contributed by atoms with Crippen LogP contribution in [0.3, 0.4) is 0 Å². The van der Waals surface area contributed by atoms with Crippen molar-refractivity contribution in [3.05, 3.63) is 101 Å². The number of benzene rings is 3. The van der Waals surface area contributed by atoms with Gasteiger partial charge >= 0.3 is 0 Å². The first-order valence-electron chi connectivity index (χ1n) is 8.89. The van der Waals surface area contributed by atoms with E-state index in [1.807, 2.05) is 0 Å². The second-order valence-electron chi connectivity index (χ2n) is 7.06. The third-order valence-corrected chi connectivity index (χ3v) is 9.12. The third kappa shape index (κ3) is 3.67. The van der Waals surface area contributed by atoms with Crippen molar-refractivity contribution in [3.63, 3.8) is 0 Å². The maximum atomic E-state index is 2.48. The molecular formula is C24H26Si. The number of hydrogen-bond acceptors (Lipinski definition) is 0. The minimum atomic E-state index is -1.92. The lowest BCUT2D eigenvalue weighted by Gasteiger charge is -2.25. The molecule has 0 fully saturated rings. The van der Waals surface area contributed by atoms with Gasteiger partial charge in [0.2, 0.25) is 0 Å². The van der Waals surface area contributed by atoms with Gasteiger partial charge in [-0.2, -0.15) is 0 Å². The van der Waals surface area contributed by atoms with E-state index in [4.69, 9.17) is 0 Å². The van der Waals surface area contributed by atoms with Crippen molar-refractivity contribution >= 4 is 24.5 Å². The average molecular weight is 343 g/mol. The maximum absolute atomic E-state index is 2.48. The molecule has 3 rings (SSSR count). The number of rotatable bonds is 4. The summed E-state index contributed by atoms with van der Waals surface area (Å²) in [5.41, 5.74) is 7.87. The van der Waals surface area contributed by atoms with Crippen molar-refractivity contribution in [2.75, 3.05) is 0 Å². The molecule has 0 N–H and O–H groups in total. The van der Waals surface area contributed by atoms with Crippen molar-refractivity contribution in [1.82, 2.24) is 0 Å². The van der Waals surface area contributed by atoms with Crippen LogP contribution in [0, 0.1) is 20.8 Å². The molecule has 126 valence electrons. The summed E-state index contributed by atoms with van der Waals surface area (Å²) >= 11 is 0. The minimum absolute atomic E-state index is 1.33. The van der Waals surface area contributed by atoms with Gasteiger partial charge in [-0.15, -0.1) is 0 Å². The fraction of sp³-hybridized carbons (Fsp3) is 0.167. The first-order valence-corrected chi connectivity index (χ1v) is 11.5. The highest BCUT2D eigenvalue weighted by molar-refractivity contribution is 7.05. The van der Waals surface area contributed by atoms with Gasteiger partial charge in [0.05, 0.1) is 0 Å². The quantitative estimate of drug-likeness (QED) is 0.582. The predicted molar refractivity (Wildman–Crippen MR) is 113 cm³/mol. The van der Waals surface area contributed by atoms with Crippen LogP contribution in [0.25, 0.3) is 6.08 Å². The van der Waals surface area contributed by atoms with E-state index in [1.165, 1.54) is 32.6 Å². The Balaban J connectivity index is 2.09. The molecule has 25 heavy (non-hydrogen) atoms. The molecule has 0 amide bonds. The summed E-state index contributed by atoms with van der Waals surface area (Å²) in [4.78, 5) is 0. The molecule has 0 radical (unpaired) electrons. The molecule has 0 aliphatic carbocycles. The fourth-order valence-electron chi connectivity index (χ4n) is 3.35. The topological polar surface area (TPSA) is 0 Å². The molecule has 0 atom stereocenters. The molecule has 0 nitrogen and oxygen atoms in total. The summed E-state index contributed by atoms with van der Waals surface area (Å²) < 4.78 is 0. The first kappa shape index (κ1) is 17.4. The van der Waals surface area contributed by atoms with Crippen molar-refractivity contribution in [3.8, 4) is 0 Å². The summed E-state index contributed by atoms with van der Waals surface area (Å²) in [5.74, 6) is 0. The molecule has 0 unspecified atom stereocenters. The monoisotopic (exact) mass is 342 g/mol. The highest BCUT2D eigenvalue weighted by Gasteiger charge is 2.28. The predicted octanol–water partition coefficient (Wildman–Crippen LogP) is 5.06. The maximum Gasteiger partial charge on any atom is 0.138 e. The van der Waals surface area contributed by atoms with Gasteiger partial charge in [-0.05, 0) is 43.0 Å². The largest absolute Gasteiger partial charge is 0.138 e. The summed E-state index contributed by atoms with van der Waals surface area (Å²) in [6.45, 7) is 9.01. The van der Waals surface area contributed by atoms with Crippen LogP contribution in [-0.4, -0.2) is 8.07 Å². The Morgan fingerprint density at radius 3 is 1.64 bits per heavy atom. The molecular weight excluding hydrogens is 316 g/mol. The van der Waals surface area contributed by atoms with Crippen molar-refractivity contribution in [1.29, 1.82) is 0 Å². The van der Waals surface area contributed by atoms with E-state index in [0.717, 1.165) is 0 Å². The zero-order chi connectivity index (χ0) is 17.9. The fourth-order valence-corrected chi connectivity index (χ4v) is 6.35. The smallest absolute Gasteiger partial charge is 0.0855 e. The van der Waals surface area contributed by atoms with Crippen LogP contribution in [0.2, 0.25) is 6.55 Å². The molecule has 0 saturated heterocycles. The Labute approximate surface area is 152 Å². The molecule has 0 aliphatic rings. The van der Waals surface area contributed by atoms with Crippen molar-refractivity contribution in [2.45, 2.75) is 27.3 Å². The third-order valence-electron chi connectivity index (χ3n) is 5.23. The van der Waals surface area contributed by atoms with Crippen LogP contribution in [0.15, 0.2) is 78.5 Å². The van der Waals surface area contributed by atoms with Gasteiger partial charge in [-0.1, -0.05) is 101 Å². The molecule has 0 spiro atoms. The normalized spacial score (nSPS) is 11.8. The Kier molecular flexibility index (Phi) is 5.05. The number of aryl methyl sites for hydroxylation is 3. The molecule has 1 heteroatoms. The van der Waals surface area contributed by atoms with Gasteiger partial charge < -0.3 is 0 Å². The highest BCUT2D eigenvalue weighted by atomic mass is 28.3. The van der Waals surface area contributed by atoms with E-state index in [0.29, 0.717) is 0 Å². The Morgan fingerprint density at radius 2 is 1.12 bits per heavy atom. The molecule has 3 aromatic rings. The van der Waals surface area contributed by atoms with Crippen molar-refractivity contribution < 1.29 is 0 Å². The van der Waals surface area contributed by atoms with Gasteiger partial charge in [0, 0.05) is 0 Å². The first-order chi connectivity index (χ1) is 12.0.